The van der Waals surface area contributed by atoms with Crippen molar-refractivity contribution in [3.8, 4) is 0 Å². The summed E-state index contributed by atoms with van der Waals surface area (Å²) in [7, 11) is 0. The van der Waals surface area contributed by atoms with Crippen LogP contribution in [0.1, 0.15) is 19.8 Å². The molecular formula is C7H12N2O2. The molecule has 4 nitrogen and oxygen atoms in total. The Morgan fingerprint density at radius 3 is 2.82 bits per heavy atom. The zero-order valence-corrected chi connectivity index (χ0v) is 6.54. The van der Waals surface area contributed by atoms with Gasteiger partial charge in [-0.3, -0.25) is 0 Å². The molecule has 2 N–H and O–H groups in total. The van der Waals surface area contributed by atoms with Gasteiger partial charge in [-0.05, 0) is 19.8 Å². The van der Waals surface area contributed by atoms with Crippen LogP contribution in [0, 0.1) is 5.92 Å². The van der Waals surface area contributed by atoms with E-state index in [0.717, 1.165) is 12.8 Å². The van der Waals surface area contributed by atoms with Crippen molar-refractivity contribution in [2.75, 3.05) is 6.54 Å². The van der Waals surface area contributed by atoms with Crippen molar-refractivity contribution in [1.29, 1.82) is 0 Å². The van der Waals surface area contributed by atoms with Crippen molar-refractivity contribution in [2.45, 2.75) is 19.8 Å². The van der Waals surface area contributed by atoms with Gasteiger partial charge in [-0.1, -0.05) is 5.16 Å². The number of carbonyl (C=O) groups is 1. The van der Waals surface area contributed by atoms with Gasteiger partial charge in [0, 0.05) is 6.54 Å². The van der Waals surface area contributed by atoms with Crippen molar-refractivity contribution < 1.29 is 9.63 Å². The predicted molar refractivity (Wildman–Crippen MR) is 41.0 cm³/mol. The smallest absolute Gasteiger partial charge is 0.325 e. The molecule has 1 aliphatic rings. The molecule has 1 rings (SSSR count). The monoisotopic (exact) mass is 156 g/mol. The summed E-state index contributed by atoms with van der Waals surface area (Å²) in [5, 5.41) is 3.55. The average Bonchev–Trinajstić information content (AvgIpc) is 2.81. The van der Waals surface area contributed by atoms with Crippen LogP contribution in [0.2, 0.25) is 0 Å². The minimum Gasteiger partial charge on any atom is -0.325 e. The Labute approximate surface area is 65.4 Å². The number of nitrogens with two attached hydrogens (primary N) is 1. The molecule has 0 spiro atoms. The number of oxime groups is 1. The molecule has 1 saturated carbocycles. The Hall–Kier alpha value is -0.900. The quantitative estimate of drug-likeness (QED) is 0.362. The van der Waals surface area contributed by atoms with E-state index in [-0.39, 0.29) is 11.9 Å². The summed E-state index contributed by atoms with van der Waals surface area (Å²) in [6, 6.07) is 0. The van der Waals surface area contributed by atoms with E-state index in [1.807, 2.05) is 0 Å². The first-order valence-corrected chi connectivity index (χ1v) is 3.68. The fourth-order valence-electron chi connectivity index (χ4n) is 0.554. The summed E-state index contributed by atoms with van der Waals surface area (Å²) < 4.78 is 0. The molecule has 0 aromatic carbocycles. The molecule has 0 saturated heterocycles. The molecular weight excluding hydrogens is 144 g/mol. The van der Waals surface area contributed by atoms with E-state index in [0.29, 0.717) is 12.3 Å². The number of hydrogen-bond donors (Lipinski definition) is 1. The van der Waals surface area contributed by atoms with Gasteiger partial charge in [-0.15, -0.1) is 0 Å². The van der Waals surface area contributed by atoms with E-state index in [1.165, 1.54) is 0 Å². The Bertz CT molecular complexity index is 185. The second-order valence-electron chi connectivity index (χ2n) is 2.72. The fraction of sp³-hybridized carbons (Fsp3) is 0.714. The van der Waals surface area contributed by atoms with Crippen LogP contribution in [0.4, 0.5) is 0 Å². The lowest BCUT2D eigenvalue weighted by Gasteiger charge is -1.95. The Balaban J connectivity index is 2.24. The normalized spacial score (nSPS) is 18.2. The van der Waals surface area contributed by atoms with E-state index < -0.39 is 0 Å². The van der Waals surface area contributed by atoms with Crippen LogP contribution in [0.3, 0.4) is 0 Å². The molecule has 0 aromatic rings. The van der Waals surface area contributed by atoms with Crippen LogP contribution < -0.4 is 5.73 Å². The highest BCUT2D eigenvalue weighted by molar-refractivity contribution is 5.84. The van der Waals surface area contributed by atoms with Crippen LogP contribution in [0.5, 0.6) is 0 Å². The number of nitrogens with zero attached hydrogens (tertiary/aromatic N) is 1. The summed E-state index contributed by atoms with van der Waals surface area (Å²) >= 11 is 0. The minimum absolute atomic E-state index is 0.101. The first-order valence-electron chi connectivity index (χ1n) is 3.68. The van der Waals surface area contributed by atoms with Gasteiger partial charge >= 0.3 is 5.97 Å². The summed E-state index contributed by atoms with van der Waals surface area (Å²) in [5.41, 5.74) is 5.87. The van der Waals surface area contributed by atoms with Crippen molar-refractivity contribution in [3.63, 3.8) is 0 Å². The topological polar surface area (TPSA) is 64.7 Å². The van der Waals surface area contributed by atoms with Gasteiger partial charge in [-0.2, -0.15) is 0 Å². The lowest BCUT2D eigenvalue weighted by molar-refractivity contribution is -0.145. The summed E-state index contributed by atoms with van der Waals surface area (Å²) in [4.78, 5) is 15.4. The molecule has 0 amide bonds. The van der Waals surface area contributed by atoms with Crippen molar-refractivity contribution in [1.82, 2.24) is 0 Å². The molecule has 4 heteroatoms. The number of hydrogen-bond acceptors (Lipinski definition) is 4. The zero-order valence-electron chi connectivity index (χ0n) is 6.54. The molecule has 11 heavy (non-hydrogen) atoms. The average molecular weight is 156 g/mol. The highest BCUT2D eigenvalue weighted by Gasteiger charge is 2.31. The third-order valence-corrected chi connectivity index (χ3v) is 1.50. The van der Waals surface area contributed by atoms with Crippen LogP contribution in [0.15, 0.2) is 5.16 Å². The van der Waals surface area contributed by atoms with Crippen molar-refractivity contribution in [3.05, 3.63) is 0 Å². The van der Waals surface area contributed by atoms with Gasteiger partial charge < -0.3 is 10.6 Å². The Morgan fingerprint density at radius 2 is 2.36 bits per heavy atom. The summed E-state index contributed by atoms with van der Waals surface area (Å²) in [6.07, 6.45) is 1.88. The standard InChI is InChI=1S/C7H12N2O2/c1-5(4-8)9-11-7(10)6-2-3-6/h6H,2-4,8H2,1H3. The van der Waals surface area contributed by atoms with Crippen LogP contribution >= 0.6 is 0 Å². The van der Waals surface area contributed by atoms with Crippen LogP contribution in [-0.4, -0.2) is 18.2 Å². The second kappa shape index (κ2) is 3.48. The van der Waals surface area contributed by atoms with Crippen LogP contribution in [-0.2, 0) is 9.63 Å². The molecule has 0 heterocycles. The molecule has 0 bridgehead atoms. The van der Waals surface area contributed by atoms with Gasteiger partial charge in [0.2, 0.25) is 0 Å². The SMILES string of the molecule is CC(CN)=NOC(=O)C1CC1. The summed E-state index contributed by atoms with van der Waals surface area (Å²) in [5.74, 6) is -0.123. The minimum atomic E-state index is -0.224. The Kier molecular flexibility index (Phi) is 2.59. The van der Waals surface area contributed by atoms with Gasteiger partial charge in [0.15, 0.2) is 0 Å². The predicted octanol–water partition coefficient (Wildman–Crippen LogP) is 0.274. The lowest BCUT2D eigenvalue weighted by Crippen LogP contribution is -2.12. The van der Waals surface area contributed by atoms with Crippen molar-refractivity contribution >= 4 is 11.7 Å². The molecule has 62 valence electrons. The second-order valence-corrected chi connectivity index (χ2v) is 2.72. The summed E-state index contributed by atoms with van der Waals surface area (Å²) in [6.45, 7) is 2.05. The fourth-order valence-corrected chi connectivity index (χ4v) is 0.554. The van der Waals surface area contributed by atoms with E-state index in [2.05, 4.69) is 9.99 Å². The van der Waals surface area contributed by atoms with E-state index in [1.54, 1.807) is 6.92 Å². The molecule has 0 aliphatic heterocycles. The van der Waals surface area contributed by atoms with Crippen LogP contribution in [0.25, 0.3) is 0 Å². The lowest BCUT2D eigenvalue weighted by atomic mass is 10.4. The maximum absolute atomic E-state index is 10.9. The third kappa shape index (κ3) is 2.67. The first kappa shape index (κ1) is 8.20. The van der Waals surface area contributed by atoms with Gasteiger partial charge in [0.25, 0.3) is 0 Å². The zero-order chi connectivity index (χ0) is 8.27. The van der Waals surface area contributed by atoms with Gasteiger partial charge in [0.05, 0.1) is 11.6 Å². The molecule has 0 unspecified atom stereocenters. The first-order chi connectivity index (χ1) is 5.24. The Morgan fingerprint density at radius 1 is 1.73 bits per heavy atom. The molecule has 0 radical (unpaired) electrons. The van der Waals surface area contributed by atoms with E-state index in [4.69, 9.17) is 5.73 Å². The third-order valence-electron chi connectivity index (χ3n) is 1.50. The molecule has 1 fully saturated rings. The highest BCUT2D eigenvalue weighted by Crippen LogP contribution is 2.30. The van der Waals surface area contributed by atoms with Gasteiger partial charge in [-0.25, -0.2) is 4.79 Å². The van der Waals surface area contributed by atoms with Gasteiger partial charge in [0.1, 0.15) is 0 Å². The number of rotatable bonds is 3. The highest BCUT2D eigenvalue weighted by atomic mass is 16.7. The van der Waals surface area contributed by atoms with E-state index >= 15 is 0 Å². The maximum Gasteiger partial charge on any atom is 0.338 e. The largest absolute Gasteiger partial charge is 0.338 e. The molecule has 0 atom stereocenters. The van der Waals surface area contributed by atoms with Crippen molar-refractivity contribution in [2.24, 2.45) is 16.8 Å². The maximum atomic E-state index is 10.9. The molecule has 1 aliphatic carbocycles. The van der Waals surface area contributed by atoms with E-state index in [9.17, 15) is 4.79 Å². The molecule has 0 aromatic heterocycles. The number of carbonyl (C=O) groups excluding carboxylic acids is 1.